The topological polar surface area (TPSA) is 53.7 Å². The zero-order chi connectivity index (χ0) is 11.0. The summed E-state index contributed by atoms with van der Waals surface area (Å²) >= 11 is 0. The first-order valence-corrected chi connectivity index (χ1v) is 5.54. The van der Waals surface area contributed by atoms with Crippen molar-refractivity contribution < 1.29 is 14.2 Å². The van der Waals surface area contributed by atoms with Crippen molar-refractivity contribution in [2.75, 3.05) is 19.8 Å². The Morgan fingerprint density at radius 2 is 1.88 bits per heavy atom. The van der Waals surface area contributed by atoms with Crippen LogP contribution in [0.4, 0.5) is 0 Å². The Hall–Kier alpha value is -0.940. The van der Waals surface area contributed by atoms with Gasteiger partial charge >= 0.3 is 5.97 Å². The molecule has 0 radical (unpaired) electrons. The third-order valence-corrected chi connectivity index (χ3v) is 3.04. The van der Waals surface area contributed by atoms with Gasteiger partial charge in [0.25, 0.3) is 0 Å². The van der Waals surface area contributed by atoms with Crippen LogP contribution in [-0.4, -0.2) is 19.8 Å². The highest BCUT2D eigenvalue weighted by Crippen LogP contribution is 2.38. The van der Waals surface area contributed by atoms with Crippen LogP contribution in [0.2, 0.25) is 0 Å². The number of hydrogen-bond donors (Lipinski definition) is 1. The summed E-state index contributed by atoms with van der Waals surface area (Å²) in [7, 11) is 0. The van der Waals surface area contributed by atoms with E-state index < -0.39 is 5.97 Å². The van der Waals surface area contributed by atoms with Crippen LogP contribution in [-0.2, 0) is 26.7 Å². The second-order valence-corrected chi connectivity index (χ2v) is 4.26. The summed E-state index contributed by atoms with van der Waals surface area (Å²) in [5, 5.41) is 0. The predicted molar refractivity (Wildman–Crippen MR) is 57.4 cm³/mol. The van der Waals surface area contributed by atoms with Gasteiger partial charge in [0.05, 0.1) is 19.8 Å². The van der Waals surface area contributed by atoms with Crippen LogP contribution < -0.4 is 5.73 Å². The fraction of sp³-hybridized carbons (Fsp3) is 0.500. The molecular formula is C12H15NO3. The molecule has 3 saturated heterocycles. The van der Waals surface area contributed by atoms with Gasteiger partial charge in [0.2, 0.25) is 0 Å². The highest BCUT2D eigenvalue weighted by atomic mass is 16.9. The number of fused-ring (bicyclic) bond motifs is 3. The Morgan fingerprint density at radius 1 is 1.19 bits per heavy atom. The second kappa shape index (κ2) is 3.82. The quantitative estimate of drug-likeness (QED) is 0.807. The lowest BCUT2D eigenvalue weighted by molar-refractivity contribution is -0.460. The van der Waals surface area contributed by atoms with Crippen molar-refractivity contribution in [2.45, 2.75) is 12.5 Å². The smallest absolute Gasteiger partial charge is 0.312 e. The summed E-state index contributed by atoms with van der Waals surface area (Å²) in [4.78, 5) is 0. The van der Waals surface area contributed by atoms with Crippen LogP contribution in [0.1, 0.15) is 11.1 Å². The van der Waals surface area contributed by atoms with Crippen molar-refractivity contribution in [3.8, 4) is 0 Å². The molecule has 4 heteroatoms. The second-order valence-electron chi connectivity index (χ2n) is 4.26. The molecule has 0 spiro atoms. The van der Waals surface area contributed by atoms with E-state index in [0.29, 0.717) is 32.3 Å². The minimum atomic E-state index is -0.986. The van der Waals surface area contributed by atoms with Crippen LogP contribution >= 0.6 is 0 Å². The Bertz CT molecular complexity index is 372. The van der Waals surface area contributed by atoms with Gasteiger partial charge < -0.3 is 19.9 Å². The van der Waals surface area contributed by atoms with E-state index >= 15 is 0 Å². The molecule has 4 nitrogen and oxygen atoms in total. The Labute approximate surface area is 94.3 Å². The Morgan fingerprint density at radius 3 is 2.50 bits per heavy atom. The van der Waals surface area contributed by atoms with E-state index in [4.69, 9.17) is 19.9 Å². The number of nitrogens with two attached hydrogens (primary N) is 1. The molecule has 0 amide bonds. The first-order chi connectivity index (χ1) is 7.82. The summed E-state index contributed by atoms with van der Waals surface area (Å²) in [6.45, 7) is 2.61. The van der Waals surface area contributed by atoms with Crippen LogP contribution in [0.3, 0.4) is 0 Å². The molecule has 3 aliphatic rings. The number of hydrogen-bond acceptors (Lipinski definition) is 4. The lowest BCUT2D eigenvalue weighted by Gasteiger charge is -2.45. The van der Waals surface area contributed by atoms with Crippen LogP contribution in [0.5, 0.6) is 0 Å². The molecule has 3 heterocycles. The van der Waals surface area contributed by atoms with Crippen LogP contribution in [0.25, 0.3) is 0 Å². The van der Waals surface area contributed by atoms with Gasteiger partial charge in [-0.05, 0) is 11.6 Å². The average molecular weight is 221 g/mol. The molecule has 3 aliphatic heterocycles. The van der Waals surface area contributed by atoms with Crippen molar-refractivity contribution in [1.82, 2.24) is 0 Å². The van der Waals surface area contributed by atoms with Gasteiger partial charge in [-0.3, -0.25) is 0 Å². The zero-order valence-electron chi connectivity index (χ0n) is 9.02. The molecule has 1 aromatic rings. The summed E-state index contributed by atoms with van der Waals surface area (Å²) in [6, 6.07) is 7.86. The summed E-state index contributed by atoms with van der Waals surface area (Å²) < 4.78 is 17.0. The van der Waals surface area contributed by atoms with Gasteiger partial charge in [-0.25, -0.2) is 0 Å². The first-order valence-electron chi connectivity index (χ1n) is 5.54. The van der Waals surface area contributed by atoms with Gasteiger partial charge in [-0.2, -0.15) is 0 Å². The van der Waals surface area contributed by atoms with Gasteiger partial charge in [0.1, 0.15) is 0 Å². The SMILES string of the molecule is NCc1cccc(C23OCC(CO2)CO3)c1. The molecule has 1 aromatic carbocycles. The first kappa shape index (κ1) is 10.2. The molecule has 2 bridgehead atoms. The monoisotopic (exact) mass is 221 g/mol. The highest BCUT2D eigenvalue weighted by molar-refractivity contribution is 5.26. The maximum atomic E-state index is 5.66. The Kier molecular flexibility index (Phi) is 2.44. The minimum absolute atomic E-state index is 0.375. The minimum Gasteiger partial charge on any atom is -0.326 e. The summed E-state index contributed by atoms with van der Waals surface area (Å²) in [6.07, 6.45) is 0. The normalized spacial score (nSPS) is 32.9. The predicted octanol–water partition coefficient (Wildman–Crippen LogP) is 0.949. The largest absolute Gasteiger partial charge is 0.326 e. The van der Waals surface area contributed by atoms with Crippen molar-refractivity contribution in [3.63, 3.8) is 0 Å². The summed E-state index contributed by atoms with van der Waals surface area (Å²) in [5.74, 6) is -0.612. The van der Waals surface area contributed by atoms with Gasteiger partial charge in [0.15, 0.2) is 0 Å². The van der Waals surface area contributed by atoms with Gasteiger partial charge in [-0.15, -0.1) is 0 Å². The average Bonchev–Trinajstić information content (AvgIpc) is 2.41. The van der Waals surface area contributed by atoms with Crippen molar-refractivity contribution in [2.24, 2.45) is 11.7 Å². The fourth-order valence-electron chi connectivity index (χ4n) is 2.09. The summed E-state index contributed by atoms with van der Waals surface area (Å²) in [5.41, 5.74) is 7.57. The van der Waals surface area contributed by atoms with Crippen LogP contribution in [0, 0.1) is 5.92 Å². The number of benzene rings is 1. The van der Waals surface area contributed by atoms with Crippen LogP contribution in [0.15, 0.2) is 24.3 Å². The van der Waals surface area contributed by atoms with Crippen molar-refractivity contribution >= 4 is 0 Å². The molecule has 0 atom stereocenters. The lowest BCUT2D eigenvalue weighted by atomic mass is 10.1. The van der Waals surface area contributed by atoms with E-state index in [9.17, 15) is 0 Å². The van der Waals surface area contributed by atoms with E-state index in [1.54, 1.807) is 0 Å². The molecule has 86 valence electrons. The highest BCUT2D eigenvalue weighted by Gasteiger charge is 2.46. The van der Waals surface area contributed by atoms with E-state index in [1.807, 2.05) is 24.3 Å². The molecule has 0 saturated carbocycles. The third kappa shape index (κ3) is 1.55. The van der Waals surface area contributed by atoms with Crippen molar-refractivity contribution in [1.29, 1.82) is 0 Å². The lowest BCUT2D eigenvalue weighted by Crippen LogP contribution is -2.51. The van der Waals surface area contributed by atoms with E-state index in [2.05, 4.69) is 0 Å². The molecule has 0 aliphatic carbocycles. The third-order valence-electron chi connectivity index (χ3n) is 3.04. The van der Waals surface area contributed by atoms with Crippen molar-refractivity contribution in [3.05, 3.63) is 35.4 Å². The molecule has 2 N–H and O–H groups in total. The van der Waals surface area contributed by atoms with E-state index in [-0.39, 0.29) is 0 Å². The molecule has 0 aromatic heterocycles. The molecular weight excluding hydrogens is 206 g/mol. The number of rotatable bonds is 2. The van der Waals surface area contributed by atoms with E-state index in [0.717, 1.165) is 11.1 Å². The zero-order valence-corrected chi connectivity index (χ0v) is 9.02. The maximum Gasteiger partial charge on any atom is 0.312 e. The van der Waals surface area contributed by atoms with Gasteiger partial charge in [0, 0.05) is 18.0 Å². The fourth-order valence-corrected chi connectivity index (χ4v) is 2.09. The molecule has 4 rings (SSSR count). The Balaban J connectivity index is 1.94. The maximum absolute atomic E-state index is 5.66. The molecule has 3 fully saturated rings. The van der Waals surface area contributed by atoms with Gasteiger partial charge in [-0.1, -0.05) is 18.2 Å². The number of ether oxygens (including phenoxy) is 3. The standard InChI is InChI=1S/C12H15NO3/c13-5-9-2-1-3-11(4-9)12-14-6-10(7-15-12)8-16-12/h1-4,10H,5-8,13H2. The molecule has 16 heavy (non-hydrogen) atoms. The van der Waals surface area contributed by atoms with E-state index in [1.165, 1.54) is 0 Å². The molecule has 0 unspecified atom stereocenters.